The summed E-state index contributed by atoms with van der Waals surface area (Å²) in [5.74, 6) is 0. The molecule has 0 unspecified atom stereocenters. The van der Waals surface area contributed by atoms with Gasteiger partial charge in [0.1, 0.15) is 6.33 Å². The number of halogens is 1. The quantitative estimate of drug-likeness (QED) is 0.820. The van der Waals surface area contributed by atoms with E-state index in [0.717, 1.165) is 16.9 Å². The average molecular weight is 249 g/mol. The second-order valence-corrected chi connectivity index (χ2v) is 4.15. The van der Waals surface area contributed by atoms with E-state index in [4.69, 9.17) is 17.3 Å². The van der Waals surface area contributed by atoms with Crippen LogP contribution in [0, 0.1) is 6.92 Å². The molecule has 88 valence electrons. The number of anilines is 2. The Labute approximate surface area is 105 Å². The first-order valence-electron chi connectivity index (χ1n) is 5.21. The summed E-state index contributed by atoms with van der Waals surface area (Å²) in [5, 5.41) is 3.82. The van der Waals surface area contributed by atoms with E-state index in [1.54, 1.807) is 6.20 Å². The van der Waals surface area contributed by atoms with Crippen molar-refractivity contribution in [2.75, 3.05) is 11.1 Å². The van der Waals surface area contributed by atoms with Crippen molar-refractivity contribution in [1.82, 2.24) is 9.97 Å². The van der Waals surface area contributed by atoms with Crippen LogP contribution >= 0.6 is 11.6 Å². The Morgan fingerprint density at radius 1 is 1.41 bits per heavy atom. The van der Waals surface area contributed by atoms with Gasteiger partial charge in [0, 0.05) is 11.9 Å². The van der Waals surface area contributed by atoms with Crippen molar-refractivity contribution in [3.05, 3.63) is 47.0 Å². The molecule has 0 aliphatic rings. The van der Waals surface area contributed by atoms with E-state index in [1.165, 1.54) is 6.33 Å². The summed E-state index contributed by atoms with van der Waals surface area (Å²) in [5.41, 5.74) is 9.25. The Morgan fingerprint density at radius 3 is 2.94 bits per heavy atom. The van der Waals surface area contributed by atoms with Crippen LogP contribution in [-0.2, 0) is 6.54 Å². The molecule has 0 aliphatic carbocycles. The molecule has 1 heterocycles. The first-order valence-corrected chi connectivity index (χ1v) is 5.59. The lowest BCUT2D eigenvalue weighted by Gasteiger charge is -2.10. The molecule has 1 aromatic heterocycles. The van der Waals surface area contributed by atoms with Gasteiger partial charge in [0.2, 0.25) is 0 Å². The zero-order chi connectivity index (χ0) is 12.3. The number of rotatable bonds is 3. The van der Waals surface area contributed by atoms with Crippen molar-refractivity contribution >= 4 is 23.0 Å². The molecule has 0 bridgehead atoms. The van der Waals surface area contributed by atoms with Crippen molar-refractivity contribution < 1.29 is 0 Å². The fourth-order valence-corrected chi connectivity index (χ4v) is 1.67. The Kier molecular flexibility index (Phi) is 3.44. The molecule has 0 atom stereocenters. The number of hydrogen-bond acceptors (Lipinski definition) is 4. The lowest BCUT2D eigenvalue weighted by atomic mass is 10.1. The van der Waals surface area contributed by atoms with E-state index < -0.39 is 0 Å². The third-order valence-corrected chi connectivity index (χ3v) is 2.77. The van der Waals surface area contributed by atoms with Gasteiger partial charge in [-0.15, -0.1) is 0 Å². The van der Waals surface area contributed by atoms with Crippen LogP contribution < -0.4 is 11.1 Å². The fourth-order valence-electron chi connectivity index (χ4n) is 1.50. The standard InChI is InChI=1S/C12H13ClN4/c1-8-4-11(14)10(13)5-12(8)16-6-9-2-3-15-7-17-9/h2-5,7,16H,6,14H2,1H3. The Hall–Kier alpha value is -1.81. The number of aromatic nitrogens is 2. The van der Waals surface area contributed by atoms with Crippen LogP contribution in [0.3, 0.4) is 0 Å². The number of nitrogens with two attached hydrogens (primary N) is 1. The summed E-state index contributed by atoms with van der Waals surface area (Å²) in [6.07, 6.45) is 3.24. The molecule has 0 saturated carbocycles. The van der Waals surface area contributed by atoms with Crippen molar-refractivity contribution in [1.29, 1.82) is 0 Å². The second-order valence-electron chi connectivity index (χ2n) is 3.74. The Morgan fingerprint density at radius 2 is 2.24 bits per heavy atom. The molecule has 2 aromatic rings. The average Bonchev–Trinajstić information content (AvgIpc) is 2.33. The molecule has 1 aromatic carbocycles. The third kappa shape index (κ3) is 2.85. The maximum absolute atomic E-state index is 5.98. The van der Waals surface area contributed by atoms with E-state index in [1.807, 2.05) is 25.1 Å². The van der Waals surface area contributed by atoms with Crippen LogP contribution in [0.4, 0.5) is 11.4 Å². The van der Waals surface area contributed by atoms with E-state index in [-0.39, 0.29) is 0 Å². The topological polar surface area (TPSA) is 63.8 Å². The van der Waals surface area contributed by atoms with Crippen molar-refractivity contribution in [3.63, 3.8) is 0 Å². The molecular formula is C12H13ClN4. The number of nitrogens with zero attached hydrogens (tertiary/aromatic N) is 2. The summed E-state index contributed by atoms with van der Waals surface area (Å²) in [7, 11) is 0. The molecule has 4 nitrogen and oxygen atoms in total. The van der Waals surface area contributed by atoms with Crippen LogP contribution in [0.1, 0.15) is 11.3 Å². The van der Waals surface area contributed by atoms with Gasteiger partial charge < -0.3 is 11.1 Å². The molecule has 0 amide bonds. The number of nitrogen functional groups attached to an aromatic ring is 1. The van der Waals surface area contributed by atoms with Gasteiger partial charge >= 0.3 is 0 Å². The molecule has 17 heavy (non-hydrogen) atoms. The van der Waals surface area contributed by atoms with Crippen molar-refractivity contribution in [3.8, 4) is 0 Å². The number of nitrogens with one attached hydrogen (secondary N) is 1. The van der Waals surface area contributed by atoms with Gasteiger partial charge in [-0.3, -0.25) is 0 Å². The maximum atomic E-state index is 5.98. The minimum absolute atomic E-state index is 0.556. The highest BCUT2D eigenvalue weighted by atomic mass is 35.5. The number of hydrogen-bond donors (Lipinski definition) is 2. The van der Waals surface area contributed by atoms with Crippen molar-refractivity contribution in [2.24, 2.45) is 0 Å². The first kappa shape index (κ1) is 11.7. The Balaban J connectivity index is 2.12. The molecule has 2 rings (SSSR count). The van der Waals surface area contributed by atoms with Gasteiger partial charge in [-0.2, -0.15) is 0 Å². The number of aryl methyl sites for hydroxylation is 1. The molecule has 0 fully saturated rings. The molecular weight excluding hydrogens is 236 g/mol. The zero-order valence-corrected chi connectivity index (χ0v) is 10.2. The minimum Gasteiger partial charge on any atom is -0.398 e. The van der Waals surface area contributed by atoms with Gasteiger partial charge in [-0.1, -0.05) is 11.6 Å². The van der Waals surface area contributed by atoms with E-state index in [0.29, 0.717) is 17.3 Å². The summed E-state index contributed by atoms with van der Waals surface area (Å²) < 4.78 is 0. The normalized spacial score (nSPS) is 10.2. The first-order chi connectivity index (χ1) is 8.16. The third-order valence-electron chi connectivity index (χ3n) is 2.45. The second kappa shape index (κ2) is 5.01. The van der Waals surface area contributed by atoms with Crippen LogP contribution in [0.5, 0.6) is 0 Å². The molecule has 0 saturated heterocycles. The monoisotopic (exact) mass is 248 g/mol. The Bertz CT molecular complexity index is 513. The highest BCUT2D eigenvalue weighted by molar-refractivity contribution is 6.33. The predicted octanol–water partition coefficient (Wildman–Crippen LogP) is 2.63. The maximum Gasteiger partial charge on any atom is 0.115 e. The van der Waals surface area contributed by atoms with E-state index >= 15 is 0 Å². The van der Waals surface area contributed by atoms with Crippen LogP contribution in [0.2, 0.25) is 5.02 Å². The highest BCUT2D eigenvalue weighted by Crippen LogP contribution is 2.26. The predicted molar refractivity (Wildman–Crippen MR) is 70.0 cm³/mol. The largest absolute Gasteiger partial charge is 0.398 e. The molecule has 3 N–H and O–H groups in total. The van der Waals surface area contributed by atoms with Crippen LogP contribution in [0.25, 0.3) is 0 Å². The molecule has 5 heteroatoms. The minimum atomic E-state index is 0.556. The van der Waals surface area contributed by atoms with E-state index in [9.17, 15) is 0 Å². The van der Waals surface area contributed by atoms with E-state index in [2.05, 4.69) is 15.3 Å². The van der Waals surface area contributed by atoms with Gasteiger partial charge in [-0.05, 0) is 30.7 Å². The van der Waals surface area contributed by atoms with Gasteiger partial charge in [0.05, 0.1) is 22.9 Å². The SMILES string of the molecule is Cc1cc(N)c(Cl)cc1NCc1ccncn1. The van der Waals surface area contributed by atoms with Crippen LogP contribution in [-0.4, -0.2) is 9.97 Å². The summed E-state index contributed by atoms with van der Waals surface area (Å²) >= 11 is 5.98. The van der Waals surface area contributed by atoms with Crippen LogP contribution in [0.15, 0.2) is 30.7 Å². The van der Waals surface area contributed by atoms with Crippen molar-refractivity contribution in [2.45, 2.75) is 13.5 Å². The fraction of sp³-hybridized carbons (Fsp3) is 0.167. The summed E-state index contributed by atoms with van der Waals surface area (Å²) in [6.45, 7) is 2.61. The van der Waals surface area contributed by atoms with Gasteiger partial charge in [0.25, 0.3) is 0 Å². The van der Waals surface area contributed by atoms with Gasteiger partial charge in [-0.25, -0.2) is 9.97 Å². The molecule has 0 radical (unpaired) electrons. The molecule has 0 spiro atoms. The lowest BCUT2D eigenvalue weighted by Crippen LogP contribution is -2.03. The molecule has 0 aliphatic heterocycles. The van der Waals surface area contributed by atoms with Gasteiger partial charge in [0.15, 0.2) is 0 Å². The highest BCUT2D eigenvalue weighted by Gasteiger charge is 2.03. The smallest absolute Gasteiger partial charge is 0.115 e. The summed E-state index contributed by atoms with van der Waals surface area (Å²) in [4.78, 5) is 8.00. The summed E-state index contributed by atoms with van der Waals surface area (Å²) in [6, 6.07) is 5.54. The lowest BCUT2D eigenvalue weighted by molar-refractivity contribution is 1.00. The number of benzene rings is 1. The zero-order valence-electron chi connectivity index (χ0n) is 9.44.